The van der Waals surface area contributed by atoms with Crippen LogP contribution in [0.2, 0.25) is 0 Å². The fourth-order valence-corrected chi connectivity index (χ4v) is 5.09. The van der Waals surface area contributed by atoms with Crippen molar-refractivity contribution in [2.45, 2.75) is 22.6 Å². The molecule has 8 heteroatoms. The van der Waals surface area contributed by atoms with Gasteiger partial charge in [-0.05, 0) is 55.3 Å². The molecule has 0 saturated carbocycles. The highest BCUT2D eigenvalue weighted by atomic mass is 32.2. The number of methoxy groups -OCH3 is 1. The van der Waals surface area contributed by atoms with Gasteiger partial charge >= 0.3 is 0 Å². The first-order chi connectivity index (χ1) is 13.0. The number of thioether (sulfide) groups is 1. The van der Waals surface area contributed by atoms with E-state index in [1.165, 1.54) is 22.1 Å². The van der Waals surface area contributed by atoms with E-state index in [4.69, 9.17) is 4.74 Å². The molecule has 3 rings (SSSR count). The number of ether oxygens (including phenoxy) is 1. The van der Waals surface area contributed by atoms with Crippen LogP contribution in [0.3, 0.4) is 0 Å². The van der Waals surface area contributed by atoms with Crippen molar-refractivity contribution in [3.63, 3.8) is 0 Å². The van der Waals surface area contributed by atoms with Gasteiger partial charge in [0, 0.05) is 23.7 Å². The SMILES string of the molecule is COc1ccc(SCC(=O)Nc2cccc(S(=O)(=O)N3CCCC3)c2)cc1. The maximum atomic E-state index is 12.6. The molecule has 0 spiro atoms. The molecule has 1 aliphatic heterocycles. The van der Waals surface area contributed by atoms with E-state index in [0.717, 1.165) is 23.5 Å². The van der Waals surface area contributed by atoms with E-state index in [-0.39, 0.29) is 16.6 Å². The Bertz CT molecular complexity index is 892. The first-order valence-electron chi connectivity index (χ1n) is 8.66. The molecule has 0 aromatic heterocycles. The topological polar surface area (TPSA) is 75.7 Å². The predicted molar refractivity (Wildman–Crippen MR) is 107 cm³/mol. The first kappa shape index (κ1) is 19.7. The van der Waals surface area contributed by atoms with Crippen molar-refractivity contribution < 1.29 is 17.9 Å². The van der Waals surface area contributed by atoms with E-state index in [1.54, 1.807) is 25.3 Å². The number of anilines is 1. The number of hydrogen-bond acceptors (Lipinski definition) is 5. The van der Waals surface area contributed by atoms with E-state index in [2.05, 4.69) is 5.32 Å². The number of sulfonamides is 1. The van der Waals surface area contributed by atoms with Gasteiger partial charge in [-0.3, -0.25) is 4.79 Å². The Hall–Kier alpha value is -2.03. The number of nitrogens with one attached hydrogen (secondary N) is 1. The lowest BCUT2D eigenvalue weighted by atomic mass is 10.3. The summed E-state index contributed by atoms with van der Waals surface area (Å²) in [4.78, 5) is 13.4. The maximum Gasteiger partial charge on any atom is 0.243 e. The number of amides is 1. The molecular formula is C19H22N2O4S2. The van der Waals surface area contributed by atoms with Gasteiger partial charge in [0.05, 0.1) is 17.8 Å². The van der Waals surface area contributed by atoms with Gasteiger partial charge in [-0.2, -0.15) is 4.31 Å². The fraction of sp³-hybridized carbons (Fsp3) is 0.316. The van der Waals surface area contributed by atoms with Crippen molar-refractivity contribution in [3.05, 3.63) is 48.5 Å². The molecule has 0 bridgehead atoms. The van der Waals surface area contributed by atoms with Crippen LogP contribution in [-0.2, 0) is 14.8 Å². The molecule has 1 N–H and O–H groups in total. The third kappa shape index (κ3) is 5.03. The van der Waals surface area contributed by atoms with Gasteiger partial charge in [0.2, 0.25) is 15.9 Å². The smallest absolute Gasteiger partial charge is 0.243 e. The lowest BCUT2D eigenvalue weighted by Gasteiger charge is -2.16. The number of carbonyl (C=O) groups is 1. The lowest BCUT2D eigenvalue weighted by molar-refractivity contribution is -0.113. The van der Waals surface area contributed by atoms with Crippen LogP contribution in [-0.4, -0.2) is 44.6 Å². The Morgan fingerprint density at radius 2 is 1.85 bits per heavy atom. The highest BCUT2D eigenvalue weighted by Gasteiger charge is 2.27. The standard InChI is InChI=1S/C19H22N2O4S2/c1-25-16-7-9-17(10-8-16)26-14-19(22)20-15-5-4-6-18(13-15)27(23,24)21-11-2-3-12-21/h4-10,13H,2-3,11-12,14H2,1H3,(H,20,22). The number of hydrogen-bond donors (Lipinski definition) is 1. The second kappa shape index (κ2) is 8.77. The molecule has 27 heavy (non-hydrogen) atoms. The predicted octanol–water partition coefficient (Wildman–Crippen LogP) is 3.21. The molecule has 1 fully saturated rings. The number of rotatable bonds is 7. The molecule has 0 radical (unpaired) electrons. The summed E-state index contributed by atoms with van der Waals surface area (Å²) in [6.07, 6.45) is 1.77. The van der Waals surface area contributed by atoms with Crippen molar-refractivity contribution in [1.82, 2.24) is 4.31 Å². The Kier molecular flexibility index (Phi) is 6.41. The molecule has 2 aromatic rings. The van der Waals surface area contributed by atoms with E-state index in [9.17, 15) is 13.2 Å². The summed E-state index contributed by atoms with van der Waals surface area (Å²) in [6, 6.07) is 13.9. The molecule has 0 aliphatic carbocycles. The molecule has 1 heterocycles. The average Bonchev–Trinajstić information content (AvgIpc) is 3.23. The summed E-state index contributed by atoms with van der Waals surface area (Å²) in [7, 11) is -1.89. The van der Waals surface area contributed by atoms with Crippen LogP contribution in [0.5, 0.6) is 5.75 Å². The zero-order chi connectivity index (χ0) is 19.3. The van der Waals surface area contributed by atoms with Crippen LogP contribution in [0.4, 0.5) is 5.69 Å². The monoisotopic (exact) mass is 406 g/mol. The number of benzene rings is 2. The van der Waals surface area contributed by atoms with Crippen LogP contribution in [0.1, 0.15) is 12.8 Å². The minimum atomic E-state index is -3.49. The molecule has 1 aliphatic rings. The van der Waals surface area contributed by atoms with Crippen LogP contribution >= 0.6 is 11.8 Å². The van der Waals surface area contributed by atoms with Crippen molar-refractivity contribution >= 4 is 33.4 Å². The van der Waals surface area contributed by atoms with Crippen LogP contribution in [0, 0.1) is 0 Å². The molecule has 0 unspecified atom stereocenters. The second-order valence-corrected chi connectivity index (χ2v) is 9.14. The van der Waals surface area contributed by atoms with Gasteiger partial charge in [-0.1, -0.05) is 6.07 Å². The van der Waals surface area contributed by atoms with E-state index in [1.807, 2.05) is 24.3 Å². The Balaban J connectivity index is 1.60. The van der Waals surface area contributed by atoms with Crippen molar-refractivity contribution in [3.8, 4) is 5.75 Å². The van der Waals surface area contributed by atoms with Gasteiger partial charge < -0.3 is 10.1 Å². The minimum Gasteiger partial charge on any atom is -0.497 e. The summed E-state index contributed by atoms with van der Waals surface area (Å²) in [5.41, 5.74) is 0.482. The summed E-state index contributed by atoms with van der Waals surface area (Å²) in [5, 5.41) is 2.77. The van der Waals surface area contributed by atoms with Crippen molar-refractivity contribution in [2.24, 2.45) is 0 Å². The van der Waals surface area contributed by atoms with Crippen LogP contribution < -0.4 is 10.1 Å². The number of carbonyl (C=O) groups excluding carboxylic acids is 1. The molecule has 0 atom stereocenters. The Morgan fingerprint density at radius 1 is 1.15 bits per heavy atom. The second-order valence-electron chi connectivity index (χ2n) is 6.15. The van der Waals surface area contributed by atoms with Crippen molar-refractivity contribution in [2.75, 3.05) is 31.3 Å². The molecule has 2 aromatic carbocycles. The highest BCUT2D eigenvalue weighted by molar-refractivity contribution is 8.00. The lowest BCUT2D eigenvalue weighted by Crippen LogP contribution is -2.28. The number of nitrogens with zero attached hydrogens (tertiary/aromatic N) is 1. The average molecular weight is 407 g/mol. The molecule has 1 amide bonds. The summed E-state index contributed by atoms with van der Waals surface area (Å²) < 4.78 is 31.9. The largest absolute Gasteiger partial charge is 0.497 e. The van der Waals surface area contributed by atoms with Gasteiger partial charge in [-0.15, -0.1) is 11.8 Å². The third-order valence-electron chi connectivity index (χ3n) is 4.25. The summed E-state index contributed by atoms with van der Waals surface area (Å²) in [5.74, 6) is 0.807. The third-order valence-corrected chi connectivity index (χ3v) is 7.16. The maximum absolute atomic E-state index is 12.6. The summed E-state index contributed by atoms with van der Waals surface area (Å²) in [6.45, 7) is 1.11. The van der Waals surface area contributed by atoms with E-state index >= 15 is 0 Å². The minimum absolute atomic E-state index is 0.188. The first-order valence-corrected chi connectivity index (χ1v) is 11.1. The zero-order valence-corrected chi connectivity index (χ0v) is 16.7. The van der Waals surface area contributed by atoms with Crippen LogP contribution in [0.15, 0.2) is 58.3 Å². The molecular weight excluding hydrogens is 384 g/mol. The Labute approximate surface area is 164 Å². The van der Waals surface area contributed by atoms with Crippen LogP contribution in [0.25, 0.3) is 0 Å². The van der Waals surface area contributed by atoms with Gasteiger partial charge in [0.15, 0.2) is 0 Å². The Morgan fingerprint density at radius 3 is 2.52 bits per heavy atom. The molecule has 144 valence electrons. The molecule has 6 nitrogen and oxygen atoms in total. The summed E-state index contributed by atoms with van der Waals surface area (Å²) >= 11 is 1.40. The van der Waals surface area contributed by atoms with Gasteiger partial charge in [-0.25, -0.2) is 8.42 Å². The highest BCUT2D eigenvalue weighted by Crippen LogP contribution is 2.24. The van der Waals surface area contributed by atoms with Crippen molar-refractivity contribution in [1.29, 1.82) is 0 Å². The fourth-order valence-electron chi connectivity index (χ4n) is 2.83. The van der Waals surface area contributed by atoms with Gasteiger partial charge in [0.1, 0.15) is 5.75 Å². The van der Waals surface area contributed by atoms with Gasteiger partial charge in [0.25, 0.3) is 0 Å². The van der Waals surface area contributed by atoms with E-state index < -0.39 is 10.0 Å². The zero-order valence-electron chi connectivity index (χ0n) is 15.1. The normalized spacial score (nSPS) is 14.9. The molecule has 1 saturated heterocycles. The quantitative estimate of drug-likeness (QED) is 0.715. The van der Waals surface area contributed by atoms with E-state index in [0.29, 0.717) is 18.8 Å².